The normalized spacial score (nSPS) is 14.6. The summed E-state index contributed by atoms with van der Waals surface area (Å²) in [6.07, 6.45) is 7.55. The number of carbonyl (C=O) groups is 2. The molecular weight excluding hydrogens is 540 g/mol. The van der Waals surface area contributed by atoms with Crippen LogP contribution in [0.3, 0.4) is 0 Å². The highest BCUT2D eigenvalue weighted by Gasteiger charge is 2.33. The van der Waals surface area contributed by atoms with Crippen molar-refractivity contribution < 1.29 is 14.3 Å². The maximum absolute atomic E-state index is 14.1. The third-order valence-corrected chi connectivity index (χ3v) is 7.62. The smallest absolute Gasteiger partial charge is 0.270 e. The number of hydrogen-bond acceptors (Lipinski definition) is 6. The molecule has 0 radical (unpaired) electrons. The number of aromatic nitrogens is 2. The van der Waals surface area contributed by atoms with E-state index in [4.69, 9.17) is 4.74 Å². The first-order valence-electron chi connectivity index (χ1n) is 14.0. The SMILES string of the molecule is COC1=C2NCC=C2N(c2ccc(NC(=O)[C@@H](NC(=O)c3ccnn3C)C(c3ccccc3)c3ccccc3)cc2)C=C1. The summed E-state index contributed by atoms with van der Waals surface area (Å²) >= 11 is 0. The highest BCUT2D eigenvalue weighted by Crippen LogP contribution is 2.33. The maximum Gasteiger partial charge on any atom is 0.270 e. The predicted octanol–water partition coefficient (Wildman–Crippen LogP) is 4.67. The Balaban J connectivity index is 1.29. The van der Waals surface area contributed by atoms with Crippen molar-refractivity contribution in [3.8, 4) is 0 Å². The second-order valence-corrected chi connectivity index (χ2v) is 10.2. The lowest BCUT2D eigenvalue weighted by atomic mass is 9.84. The summed E-state index contributed by atoms with van der Waals surface area (Å²) in [5, 5.41) is 13.5. The van der Waals surface area contributed by atoms with E-state index in [-0.39, 0.29) is 11.8 Å². The molecular formula is C34H32N6O3. The molecule has 0 fully saturated rings. The fraction of sp³-hybridized carbons (Fsp3) is 0.147. The summed E-state index contributed by atoms with van der Waals surface area (Å²) in [5.74, 6) is -0.382. The zero-order chi connectivity index (χ0) is 29.8. The van der Waals surface area contributed by atoms with Gasteiger partial charge < -0.3 is 25.6 Å². The van der Waals surface area contributed by atoms with Gasteiger partial charge in [0.1, 0.15) is 23.2 Å². The summed E-state index contributed by atoms with van der Waals surface area (Å²) < 4.78 is 6.99. The standard InChI is InChI=1S/C34H32N6O3/c1-39-28(18-21-36-39)33(41)38-32(30(23-9-5-3-6-10-23)24-11-7-4-8-12-24)34(42)37-25-13-15-26(16-14-25)40-22-19-29(43-2)31-27(40)17-20-35-31/h3-19,21-22,30,32,35H,20H2,1-2H3,(H,37,42)(H,38,41)/t32-/m0/s1. The van der Waals surface area contributed by atoms with Crippen molar-refractivity contribution in [1.82, 2.24) is 20.4 Å². The van der Waals surface area contributed by atoms with E-state index in [0.717, 1.165) is 40.5 Å². The predicted molar refractivity (Wildman–Crippen MR) is 166 cm³/mol. The molecule has 0 bridgehead atoms. The molecule has 1 aromatic heterocycles. The first-order chi connectivity index (χ1) is 21.0. The van der Waals surface area contributed by atoms with Crippen LogP contribution in [0.5, 0.6) is 0 Å². The molecule has 3 heterocycles. The second kappa shape index (κ2) is 12.1. The van der Waals surface area contributed by atoms with Crippen molar-refractivity contribution >= 4 is 23.2 Å². The Labute approximate surface area is 250 Å². The number of benzene rings is 3. The molecule has 2 aliphatic rings. The second-order valence-electron chi connectivity index (χ2n) is 10.2. The number of nitrogens with zero attached hydrogens (tertiary/aromatic N) is 3. The van der Waals surface area contributed by atoms with E-state index in [1.807, 2.05) is 97.2 Å². The van der Waals surface area contributed by atoms with Crippen LogP contribution in [-0.4, -0.2) is 41.3 Å². The molecule has 6 rings (SSSR count). The highest BCUT2D eigenvalue weighted by molar-refractivity contribution is 6.01. The molecule has 0 saturated carbocycles. The van der Waals surface area contributed by atoms with Crippen molar-refractivity contribution in [2.24, 2.45) is 7.05 Å². The van der Waals surface area contributed by atoms with Gasteiger partial charge in [-0.3, -0.25) is 14.3 Å². The number of fused-ring (bicyclic) bond motifs is 1. The van der Waals surface area contributed by atoms with Crippen LogP contribution in [-0.2, 0) is 16.6 Å². The number of carbonyl (C=O) groups excluding carboxylic acids is 2. The van der Waals surface area contributed by atoms with Crippen LogP contribution in [0.2, 0.25) is 0 Å². The van der Waals surface area contributed by atoms with Gasteiger partial charge in [-0.15, -0.1) is 0 Å². The van der Waals surface area contributed by atoms with E-state index in [0.29, 0.717) is 11.4 Å². The van der Waals surface area contributed by atoms with Crippen LogP contribution in [0.1, 0.15) is 27.5 Å². The number of nitrogens with one attached hydrogen (secondary N) is 3. The number of ether oxygens (including phenoxy) is 1. The molecule has 3 aromatic carbocycles. The average molecular weight is 573 g/mol. The summed E-state index contributed by atoms with van der Waals surface area (Å²) in [4.78, 5) is 29.6. The average Bonchev–Trinajstić information content (AvgIpc) is 3.71. The quantitative estimate of drug-likeness (QED) is 0.270. The van der Waals surface area contributed by atoms with E-state index in [1.54, 1.807) is 26.4 Å². The minimum atomic E-state index is -0.924. The van der Waals surface area contributed by atoms with Gasteiger partial charge >= 0.3 is 0 Å². The molecule has 2 amide bonds. The Hall–Kier alpha value is -5.57. The zero-order valence-electron chi connectivity index (χ0n) is 23.9. The molecule has 0 spiro atoms. The number of methoxy groups -OCH3 is 1. The Kier molecular flexibility index (Phi) is 7.78. The van der Waals surface area contributed by atoms with Crippen LogP contribution < -0.4 is 20.9 Å². The summed E-state index contributed by atoms with van der Waals surface area (Å²) in [7, 11) is 3.35. The molecule has 3 N–H and O–H groups in total. The Morgan fingerprint density at radius 2 is 1.60 bits per heavy atom. The maximum atomic E-state index is 14.1. The summed E-state index contributed by atoms with van der Waals surface area (Å²) in [6.45, 7) is 0.722. The van der Waals surface area contributed by atoms with Crippen molar-refractivity contribution in [3.05, 3.63) is 150 Å². The van der Waals surface area contributed by atoms with Crippen LogP contribution in [0.25, 0.3) is 0 Å². The van der Waals surface area contributed by atoms with Gasteiger partial charge in [0.2, 0.25) is 5.91 Å². The topological polar surface area (TPSA) is 101 Å². The number of allylic oxidation sites excluding steroid dienone is 1. The van der Waals surface area contributed by atoms with Crippen molar-refractivity contribution in [2.45, 2.75) is 12.0 Å². The number of rotatable bonds is 9. The minimum Gasteiger partial charge on any atom is -0.494 e. The van der Waals surface area contributed by atoms with Crippen LogP contribution in [0.4, 0.5) is 11.4 Å². The van der Waals surface area contributed by atoms with Crippen molar-refractivity contribution in [3.63, 3.8) is 0 Å². The molecule has 43 heavy (non-hydrogen) atoms. The fourth-order valence-electron chi connectivity index (χ4n) is 5.51. The van der Waals surface area contributed by atoms with Crippen LogP contribution in [0.15, 0.2) is 133 Å². The first-order valence-corrected chi connectivity index (χ1v) is 14.0. The van der Waals surface area contributed by atoms with Gasteiger partial charge in [0.25, 0.3) is 5.91 Å². The van der Waals surface area contributed by atoms with E-state index in [1.165, 1.54) is 4.68 Å². The van der Waals surface area contributed by atoms with E-state index >= 15 is 0 Å². The van der Waals surface area contributed by atoms with Crippen LogP contribution >= 0.6 is 0 Å². The molecule has 216 valence electrons. The monoisotopic (exact) mass is 572 g/mol. The highest BCUT2D eigenvalue weighted by atomic mass is 16.5. The molecule has 0 aliphatic carbocycles. The Morgan fingerprint density at radius 3 is 2.21 bits per heavy atom. The molecule has 0 saturated heterocycles. The molecule has 4 aromatic rings. The summed E-state index contributed by atoms with van der Waals surface area (Å²) in [6, 6.07) is 27.8. The number of hydrogen-bond donors (Lipinski definition) is 3. The number of anilines is 2. The van der Waals surface area contributed by atoms with Gasteiger partial charge in [0.05, 0.1) is 12.8 Å². The van der Waals surface area contributed by atoms with Crippen molar-refractivity contribution in [1.29, 1.82) is 0 Å². The molecule has 9 heteroatoms. The van der Waals surface area contributed by atoms with Gasteiger partial charge in [0.15, 0.2) is 0 Å². The zero-order valence-corrected chi connectivity index (χ0v) is 23.9. The van der Waals surface area contributed by atoms with E-state index < -0.39 is 12.0 Å². The van der Waals surface area contributed by atoms with Gasteiger partial charge in [0, 0.05) is 43.3 Å². The third-order valence-electron chi connectivity index (χ3n) is 7.62. The lowest BCUT2D eigenvalue weighted by Crippen LogP contribution is -2.48. The lowest BCUT2D eigenvalue weighted by Gasteiger charge is -2.29. The molecule has 0 unspecified atom stereocenters. The molecule has 9 nitrogen and oxygen atoms in total. The van der Waals surface area contributed by atoms with Gasteiger partial charge in [-0.05, 0) is 53.6 Å². The fourth-order valence-corrected chi connectivity index (χ4v) is 5.51. The number of amides is 2. The Bertz CT molecular complexity index is 1670. The van der Waals surface area contributed by atoms with Gasteiger partial charge in [-0.25, -0.2) is 0 Å². The third kappa shape index (κ3) is 5.65. The largest absolute Gasteiger partial charge is 0.494 e. The molecule has 1 atom stereocenters. The lowest BCUT2D eigenvalue weighted by molar-refractivity contribution is -0.118. The molecule has 2 aliphatic heterocycles. The van der Waals surface area contributed by atoms with E-state index in [9.17, 15) is 9.59 Å². The van der Waals surface area contributed by atoms with Crippen molar-refractivity contribution in [2.75, 3.05) is 23.9 Å². The Morgan fingerprint density at radius 1 is 0.930 bits per heavy atom. The number of aryl methyl sites for hydroxylation is 1. The van der Waals surface area contributed by atoms with Gasteiger partial charge in [-0.1, -0.05) is 60.7 Å². The summed E-state index contributed by atoms with van der Waals surface area (Å²) in [5.41, 5.74) is 5.68. The van der Waals surface area contributed by atoms with Crippen LogP contribution in [0, 0.1) is 0 Å². The van der Waals surface area contributed by atoms with Gasteiger partial charge in [-0.2, -0.15) is 5.10 Å². The van der Waals surface area contributed by atoms with E-state index in [2.05, 4.69) is 32.0 Å². The minimum absolute atomic E-state index is 0.337. The first kappa shape index (κ1) is 27.6.